The Kier molecular flexibility index (Phi) is 6.47. The number of methoxy groups -OCH3 is 1. The Morgan fingerprint density at radius 2 is 2.04 bits per heavy atom. The molecule has 1 aliphatic heterocycles. The Morgan fingerprint density at radius 1 is 1.23 bits per heavy atom. The van der Waals surface area contributed by atoms with Crippen LogP contribution in [0.5, 0.6) is 5.75 Å². The molecule has 0 radical (unpaired) electrons. The predicted molar refractivity (Wildman–Crippen MR) is 102 cm³/mol. The molecule has 1 aromatic heterocycles. The van der Waals surface area contributed by atoms with E-state index in [9.17, 15) is 4.79 Å². The number of carbonyl (C=O) groups excluding carboxylic acids is 1. The fourth-order valence-electron chi connectivity index (χ4n) is 3.22. The van der Waals surface area contributed by atoms with Crippen molar-refractivity contribution in [3.63, 3.8) is 0 Å². The van der Waals surface area contributed by atoms with Gasteiger partial charge in [0, 0.05) is 62.1 Å². The van der Waals surface area contributed by atoms with E-state index in [4.69, 9.17) is 16.3 Å². The van der Waals surface area contributed by atoms with Crippen LogP contribution in [0.3, 0.4) is 0 Å². The Labute approximate surface area is 159 Å². The highest BCUT2D eigenvalue weighted by atomic mass is 35.5. The predicted octanol–water partition coefficient (Wildman–Crippen LogP) is 3.02. The molecule has 3 rings (SSSR count). The molecule has 1 saturated heterocycles. The van der Waals surface area contributed by atoms with Crippen LogP contribution in [0.2, 0.25) is 5.02 Å². The summed E-state index contributed by atoms with van der Waals surface area (Å²) in [6.07, 6.45) is 4.85. The van der Waals surface area contributed by atoms with Crippen LogP contribution in [0.15, 0.2) is 42.7 Å². The van der Waals surface area contributed by atoms with Crippen LogP contribution in [0.25, 0.3) is 0 Å². The molecule has 0 bridgehead atoms. The lowest BCUT2D eigenvalue weighted by Gasteiger charge is -2.35. The van der Waals surface area contributed by atoms with E-state index >= 15 is 0 Å². The summed E-state index contributed by atoms with van der Waals surface area (Å²) < 4.78 is 5.42. The Balaban J connectivity index is 1.48. The van der Waals surface area contributed by atoms with E-state index in [0.29, 0.717) is 11.4 Å². The van der Waals surface area contributed by atoms with Gasteiger partial charge in [-0.2, -0.15) is 0 Å². The van der Waals surface area contributed by atoms with Crippen molar-refractivity contribution in [3.05, 3.63) is 58.9 Å². The largest absolute Gasteiger partial charge is 0.496 e. The maximum atomic E-state index is 12.4. The number of nitrogens with zero attached hydrogens (tertiary/aromatic N) is 3. The van der Waals surface area contributed by atoms with Gasteiger partial charge in [-0.1, -0.05) is 17.7 Å². The molecule has 138 valence electrons. The van der Waals surface area contributed by atoms with Crippen molar-refractivity contribution in [2.75, 3.05) is 33.3 Å². The number of halogens is 1. The minimum atomic E-state index is 0.217. The highest BCUT2D eigenvalue weighted by molar-refractivity contribution is 6.30. The summed E-state index contributed by atoms with van der Waals surface area (Å²) in [7, 11) is 1.67. The fourth-order valence-corrected chi connectivity index (χ4v) is 3.42. The van der Waals surface area contributed by atoms with Gasteiger partial charge >= 0.3 is 0 Å². The van der Waals surface area contributed by atoms with Crippen molar-refractivity contribution >= 4 is 17.5 Å². The topological polar surface area (TPSA) is 45.7 Å². The number of ether oxygens (including phenoxy) is 1. The number of benzene rings is 1. The van der Waals surface area contributed by atoms with E-state index < -0.39 is 0 Å². The molecule has 6 heteroatoms. The van der Waals surface area contributed by atoms with Gasteiger partial charge in [0.2, 0.25) is 5.91 Å². The van der Waals surface area contributed by atoms with Crippen molar-refractivity contribution in [1.82, 2.24) is 14.8 Å². The Hall–Kier alpha value is -2.11. The minimum absolute atomic E-state index is 0.217. The van der Waals surface area contributed by atoms with Gasteiger partial charge in [-0.05, 0) is 36.2 Å². The summed E-state index contributed by atoms with van der Waals surface area (Å²) in [6, 6.07) is 9.60. The average Bonchev–Trinajstić information content (AvgIpc) is 2.68. The lowest BCUT2D eigenvalue weighted by molar-refractivity contribution is -0.133. The quantitative estimate of drug-likeness (QED) is 0.780. The molecular formula is C20H24ClN3O2. The monoisotopic (exact) mass is 373 g/mol. The van der Waals surface area contributed by atoms with E-state index in [0.717, 1.165) is 56.0 Å². The van der Waals surface area contributed by atoms with Crippen LogP contribution < -0.4 is 4.74 Å². The maximum absolute atomic E-state index is 12.4. The third-order valence-electron chi connectivity index (χ3n) is 4.71. The zero-order valence-electron chi connectivity index (χ0n) is 15.0. The molecule has 1 fully saturated rings. The molecule has 0 N–H and O–H groups in total. The SMILES string of the molecule is COc1ccc(Cl)cc1CN1CCN(C(=O)CCc2cccnc2)CC1. The van der Waals surface area contributed by atoms with E-state index in [1.54, 1.807) is 13.3 Å². The molecule has 1 aromatic carbocycles. The summed E-state index contributed by atoms with van der Waals surface area (Å²) >= 11 is 6.11. The van der Waals surface area contributed by atoms with Crippen LogP contribution in [0.1, 0.15) is 17.5 Å². The third-order valence-corrected chi connectivity index (χ3v) is 4.95. The number of pyridine rings is 1. The number of piperazine rings is 1. The van der Waals surface area contributed by atoms with Crippen LogP contribution in [0.4, 0.5) is 0 Å². The first-order valence-corrected chi connectivity index (χ1v) is 9.25. The van der Waals surface area contributed by atoms with Crippen LogP contribution in [0, 0.1) is 0 Å². The Morgan fingerprint density at radius 3 is 2.73 bits per heavy atom. The number of aryl methyl sites for hydroxylation is 1. The van der Waals surface area contributed by atoms with E-state index in [1.807, 2.05) is 41.4 Å². The Bertz CT molecular complexity index is 731. The molecule has 0 aliphatic carbocycles. The number of carbonyl (C=O) groups is 1. The summed E-state index contributed by atoms with van der Waals surface area (Å²) in [5.74, 6) is 1.07. The second-order valence-electron chi connectivity index (χ2n) is 6.47. The molecule has 1 aliphatic rings. The van der Waals surface area contributed by atoms with Crippen molar-refractivity contribution < 1.29 is 9.53 Å². The number of aromatic nitrogens is 1. The van der Waals surface area contributed by atoms with Gasteiger partial charge in [-0.3, -0.25) is 14.7 Å². The van der Waals surface area contributed by atoms with Gasteiger partial charge in [0.15, 0.2) is 0 Å². The molecule has 0 atom stereocenters. The summed E-state index contributed by atoms with van der Waals surface area (Å²) in [5, 5.41) is 0.713. The van der Waals surface area contributed by atoms with Gasteiger partial charge in [-0.15, -0.1) is 0 Å². The number of hydrogen-bond acceptors (Lipinski definition) is 4. The fraction of sp³-hybridized carbons (Fsp3) is 0.400. The van der Waals surface area contributed by atoms with Crippen molar-refractivity contribution in [2.45, 2.75) is 19.4 Å². The molecule has 26 heavy (non-hydrogen) atoms. The molecule has 2 aromatic rings. The molecule has 5 nitrogen and oxygen atoms in total. The smallest absolute Gasteiger partial charge is 0.222 e. The molecule has 0 saturated carbocycles. The van der Waals surface area contributed by atoms with E-state index in [2.05, 4.69) is 9.88 Å². The second kappa shape index (κ2) is 9.01. The van der Waals surface area contributed by atoms with E-state index in [-0.39, 0.29) is 5.91 Å². The molecule has 0 spiro atoms. The number of rotatable bonds is 6. The third kappa shape index (κ3) is 4.96. The first-order chi connectivity index (χ1) is 12.7. The minimum Gasteiger partial charge on any atom is -0.496 e. The normalized spacial score (nSPS) is 15.1. The van der Waals surface area contributed by atoms with Gasteiger partial charge in [0.1, 0.15) is 5.75 Å². The van der Waals surface area contributed by atoms with Crippen LogP contribution >= 0.6 is 11.6 Å². The van der Waals surface area contributed by atoms with Gasteiger partial charge in [0.05, 0.1) is 7.11 Å². The highest BCUT2D eigenvalue weighted by Gasteiger charge is 2.21. The van der Waals surface area contributed by atoms with Gasteiger partial charge in [0.25, 0.3) is 0 Å². The first-order valence-electron chi connectivity index (χ1n) is 8.87. The van der Waals surface area contributed by atoms with Crippen molar-refractivity contribution in [3.8, 4) is 5.75 Å². The second-order valence-corrected chi connectivity index (χ2v) is 6.91. The zero-order chi connectivity index (χ0) is 18.4. The molecule has 1 amide bonds. The maximum Gasteiger partial charge on any atom is 0.222 e. The van der Waals surface area contributed by atoms with Crippen LogP contribution in [-0.4, -0.2) is 54.0 Å². The van der Waals surface area contributed by atoms with E-state index in [1.165, 1.54) is 0 Å². The molecule has 0 unspecified atom stereocenters. The highest BCUT2D eigenvalue weighted by Crippen LogP contribution is 2.24. The molecular weight excluding hydrogens is 350 g/mol. The van der Waals surface area contributed by atoms with Gasteiger partial charge in [-0.25, -0.2) is 0 Å². The van der Waals surface area contributed by atoms with Gasteiger partial charge < -0.3 is 9.64 Å². The lowest BCUT2D eigenvalue weighted by Crippen LogP contribution is -2.48. The average molecular weight is 374 g/mol. The van der Waals surface area contributed by atoms with Crippen molar-refractivity contribution in [2.24, 2.45) is 0 Å². The summed E-state index contributed by atoms with van der Waals surface area (Å²) in [6.45, 7) is 4.01. The summed E-state index contributed by atoms with van der Waals surface area (Å²) in [5.41, 5.74) is 2.18. The van der Waals surface area contributed by atoms with Crippen LogP contribution in [-0.2, 0) is 17.8 Å². The first kappa shape index (κ1) is 18.7. The lowest BCUT2D eigenvalue weighted by atomic mass is 10.1. The van der Waals surface area contributed by atoms with Crippen molar-refractivity contribution in [1.29, 1.82) is 0 Å². The number of amides is 1. The number of hydrogen-bond donors (Lipinski definition) is 0. The standard InChI is InChI=1S/C20H24ClN3O2/c1-26-19-6-5-18(21)13-17(19)15-23-9-11-24(12-10-23)20(25)7-4-16-3-2-8-22-14-16/h2-3,5-6,8,13-14H,4,7,9-12,15H2,1H3. The summed E-state index contributed by atoms with van der Waals surface area (Å²) in [4.78, 5) is 20.8. The molecule has 2 heterocycles. The zero-order valence-corrected chi connectivity index (χ0v) is 15.8.